The van der Waals surface area contributed by atoms with E-state index in [1.807, 2.05) is 12.1 Å². The smallest absolute Gasteiger partial charge is 0.327 e. The summed E-state index contributed by atoms with van der Waals surface area (Å²) in [4.78, 5) is 18.8. The quantitative estimate of drug-likeness (QED) is 0.847. The average Bonchev–Trinajstić information content (AvgIpc) is 3.17. The normalized spacial score (nSPS) is 13.2. The fourth-order valence-electron chi connectivity index (χ4n) is 2.86. The largest absolute Gasteiger partial charge is 0.493 e. The van der Waals surface area contributed by atoms with Gasteiger partial charge in [-0.2, -0.15) is 0 Å². The van der Waals surface area contributed by atoms with E-state index in [9.17, 15) is 4.79 Å². The maximum atomic E-state index is 12.8. The summed E-state index contributed by atoms with van der Waals surface area (Å²) < 4.78 is 15.9. The van der Waals surface area contributed by atoms with E-state index in [1.165, 1.54) is 21.3 Å². The Labute approximate surface area is 162 Å². The van der Waals surface area contributed by atoms with Crippen LogP contribution in [-0.2, 0) is 0 Å². The third-order valence-corrected chi connectivity index (χ3v) is 4.32. The fourth-order valence-corrected chi connectivity index (χ4v) is 3.05. The van der Waals surface area contributed by atoms with Gasteiger partial charge in [0.25, 0.3) is 0 Å². The number of amides is 2. The Balaban J connectivity index is 1.84. The van der Waals surface area contributed by atoms with Crippen LogP contribution in [0.2, 0.25) is 5.02 Å². The molecule has 1 N–H and O–H groups in total. The van der Waals surface area contributed by atoms with Crippen molar-refractivity contribution in [2.24, 2.45) is 4.99 Å². The summed E-state index contributed by atoms with van der Waals surface area (Å²) in [7, 11) is 4.57. The van der Waals surface area contributed by atoms with Gasteiger partial charge in [0.2, 0.25) is 5.75 Å². The van der Waals surface area contributed by atoms with Gasteiger partial charge in [-0.1, -0.05) is 23.7 Å². The minimum Gasteiger partial charge on any atom is -0.493 e. The van der Waals surface area contributed by atoms with Crippen LogP contribution in [0.4, 0.5) is 10.5 Å². The Morgan fingerprint density at radius 1 is 1.11 bits per heavy atom. The van der Waals surface area contributed by atoms with Crippen LogP contribution in [0, 0.1) is 0 Å². The van der Waals surface area contributed by atoms with E-state index in [2.05, 4.69) is 10.3 Å². The minimum atomic E-state index is -0.305. The number of rotatable bonds is 5. The lowest BCUT2D eigenvalue weighted by atomic mass is 10.2. The highest BCUT2D eigenvalue weighted by Gasteiger charge is 2.25. The summed E-state index contributed by atoms with van der Waals surface area (Å²) in [6.45, 7) is 1.02. The van der Waals surface area contributed by atoms with Gasteiger partial charge in [0.05, 0.1) is 33.6 Å². The van der Waals surface area contributed by atoms with Crippen molar-refractivity contribution >= 4 is 29.2 Å². The molecule has 0 spiro atoms. The number of amidine groups is 1. The van der Waals surface area contributed by atoms with Gasteiger partial charge < -0.3 is 19.5 Å². The van der Waals surface area contributed by atoms with Crippen LogP contribution in [-0.4, -0.2) is 51.2 Å². The van der Waals surface area contributed by atoms with E-state index in [0.29, 0.717) is 46.9 Å². The second-order valence-electron chi connectivity index (χ2n) is 5.71. The van der Waals surface area contributed by atoms with Gasteiger partial charge in [-0.15, -0.1) is 0 Å². The zero-order valence-corrected chi connectivity index (χ0v) is 16.0. The summed E-state index contributed by atoms with van der Waals surface area (Å²) in [6.07, 6.45) is 0. The molecule has 27 heavy (non-hydrogen) atoms. The SMILES string of the molecule is COc1cc(NC(=O)N2CCN=C2c2cccc(Cl)c2)cc(OC)c1OC. The van der Waals surface area contributed by atoms with E-state index in [1.54, 1.807) is 29.2 Å². The van der Waals surface area contributed by atoms with Crippen LogP contribution in [0.5, 0.6) is 17.2 Å². The maximum absolute atomic E-state index is 12.8. The molecule has 142 valence electrons. The monoisotopic (exact) mass is 389 g/mol. The number of aliphatic imine (C=N–C) groups is 1. The number of nitrogens with one attached hydrogen (secondary N) is 1. The second kappa shape index (κ2) is 8.18. The van der Waals surface area contributed by atoms with E-state index >= 15 is 0 Å². The molecule has 0 aliphatic carbocycles. The summed E-state index contributed by atoms with van der Waals surface area (Å²) in [5, 5.41) is 3.45. The zero-order chi connectivity index (χ0) is 19.4. The van der Waals surface area contributed by atoms with Crippen LogP contribution in [0.25, 0.3) is 0 Å². The molecular weight excluding hydrogens is 370 g/mol. The Morgan fingerprint density at radius 3 is 2.41 bits per heavy atom. The molecule has 0 saturated carbocycles. The van der Waals surface area contributed by atoms with Crippen LogP contribution in [0.3, 0.4) is 0 Å². The van der Waals surface area contributed by atoms with Crippen molar-refractivity contribution in [1.29, 1.82) is 0 Å². The number of nitrogens with zero attached hydrogens (tertiary/aromatic N) is 2. The topological polar surface area (TPSA) is 72.4 Å². The highest BCUT2D eigenvalue weighted by Crippen LogP contribution is 2.40. The molecule has 0 aromatic heterocycles. The molecule has 1 aliphatic rings. The van der Waals surface area contributed by atoms with Gasteiger partial charge in [-0.25, -0.2) is 4.79 Å². The minimum absolute atomic E-state index is 0.305. The fraction of sp³-hybridized carbons (Fsp3) is 0.263. The number of methoxy groups -OCH3 is 3. The number of ether oxygens (including phenoxy) is 3. The first-order valence-electron chi connectivity index (χ1n) is 8.26. The molecule has 0 fully saturated rings. The zero-order valence-electron chi connectivity index (χ0n) is 15.3. The molecule has 1 aliphatic heterocycles. The van der Waals surface area contributed by atoms with Gasteiger partial charge in [-0.05, 0) is 12.1 Å². The molecule has 1 heterocycles. The maximum Gasteiger partial charge on any atom is 0.327 e. The number of carbonyl (C=O) groups excluding carboxylic acids is 1. The van der Waals surface area contributed by atoms with Gasteiger partial charge in [-0.3, -0.25) is 9.89 Å². The van der Waals surface area contributed by atoms with Crippen molar-refractivity contribution in [2.75, 3.05) is 39.7 Å². The van der Waals surface area contributed by atoms with E-state index in [-0.39, 0.29) is 6.03 Å². The number of urea groups is 1. The van der Waals surface area contributed by atoms with Crippen molar-refractivity contribution in [3.8, 4) is 17.2 Å². The molecule has 2 amide bonds. The molecule has 3 rings (SSSR count). The molecule has 2 aromatic carbocycles. The molecule has 7 nitrogen and oxygen atoms in total. The van der Waals surface area contributed by atoms with Gasteiger partial charge in [0.15, 0.2) is 11.5 Å². The van der Waals surface area contributed by atoms with Crippen LogP contribution < -0.4 is 19.5 Å². The second-order valence-corrected chi connectivity index (χ2v) is 6.15. The summed E-state index contributed by atoms with van der Waals surface area (Å²) in [5.41, 5.74) is 1.31. The Kier molecular flexibility index (Phi) is 5.71. The number of halogens is 1. The standard InChI is InChI=1S/C19H20ClN3O4/c1-25-15-10-14(11-16(26-2)17(15)27-3)22-19(24)23-8-7-21-18(23)12-5-4-6-13(20)9-12/h4-6,9-11H,7-8H2,1-3H3,(H,22,24). The third-order valence-electron chi connectivity index (χ3n) is 4.08. The Morgan fingerprint density at radius 2 is 1.81 bits per heavy atom. The average molecular weight is 390 g/mol. The van der Waals surface area contributed by atoms with E-state index in [4.69, 9.17) is 25.8 Å². The molecular formula is C19H20ClN3O4. The highest BCUT2D eigenvalue weighted by atomic mass is 35.5. The molecule has 8 heteroatoms. The van der Waals surface area contributed by atoms with E-state index in [0.717, 1.165) is 5.56 Å². The van der Waals surface area contributed by atoms with E-state index < -0.39 is 0 Å². The summed E-state index contributed by atoms with van der Waals surface area (Å²) >= 11 is 6.06. The van der Waals surface area contributed by atoms with Crippen LogP contribution >= 0.6 is 11.6 Å². The van der Waals surface area contributed by atoms with Crippen LogP contribution in [0.15, 0.2) is 41.4 Å². The molecule has 0 unspecified atom stereocenters. The number of hydrogen-bond acceptors (Lipinski definition) is 5. The first-order chi connectivity index (χ1) is 13.1. The van der Waals surface area contributed by atoms with Crippen molar-refractivity contribution in [1.82, 2.24) is 4.90 Å². The number of carbonyl (C=O) groups is 1. The Bertz CT molecular complexity index is 860. The molecule has 2 aromatic rings. The number of hydrogen-bond donors (Lipinski definition) is 1. The molecule has 0 bridgehead atoms. The predicted molar refractivity (Wildman–Crippen MR) is 105 cm³/mol. The highest BCUT2D eigenvalue weighted by molar-refractivity contribution is 6.31. The first kappa shape index (κ1) is 18.8. The predicted octanol–water partition coefficient (Wildman–Crippen LogP) is 3.66. The summed E-state index contributed by atoms with van der Waals surface area (Å²) in [6, 6.07) is 10.3. The first-order valence-corrected chi connectivity index (χ1v) is 8.64. The van der Waals surface area contributed by atoms with Crippen LogP contribution in [0.1, 0.15) is 5.56 Å². The lowest BCUT2D eigenvalue weighted by molar-refractivity contribution is 0.236. The molecule has 0 saturated heterocycles. The molecule has 0 radical (unpaired) electrons. The van der Waals surface area contributed by atoms with Crippen molar-refractivity contribution in [3.63, 3.8) is 0 Å². The lowest BCUT2D eigenvalue weighted by Crippen LogP contribution is -2.38. The van der Waals surface area contributed by atoms with Gasteiger partial charge in [0.1, 0.15) is 5.84 Å². The Hall–Kier alpha value is -2.93. The lowest BCUT2D eigenvalue weighted by Gasteiger charge is -2.20. The number of benzene rings is 2. The van der Waals surface area contributed by atoms with Crippen molar-refractivity contribution in [2.45, 2.75) is 0 Å². The van der Waals surface area contributed by atoms with Gasteiger partial charge in [0, 0.05) is 29.3 Å². The summed E-state index contributed by atoms with van der Waals surface area (Å²) in [5.74, 6) is 1.96. The van der Waals surface area contributed by atoms with Gasteiger partial charge >= 0.3 is 6.03 Å². The number of anilines is 1. The van der Waals surface area contributed by atoms with Crippen molar-refractivity contribution in [3.05, 3.63) is 47.0 Å². The molecule has 0 atom stereocenters. The third kappa shape index (κ3) is 3.93. The van der Waals surface area contributed by atoms with Crippen molar-refractivity contribution < 1.29 is 19.0 Å².